The van der Waals surface area contributed by atoms with E-state index < -0.39 is 0 Å². The molecule has 0 aliphatic carbocycles. The predicted molar refractivity (Wildman–Crippen MR) is 94.6 cm³/mol. The van der Waals surface area contributed by atoms with Gasteiger partial charge >= 0.3 is 0 Å². The highest BCUT2D eigenvalue weighted by Crippen LogP contribution is 2.32. The van der Waals surface area contributed by atoms with Gasteiger partial charge in [0, 0.05) is 18.3 Å². The van der Waals surface area contributed by atoms with E-state index in [0.717, 1.165) is 55.0 Å². The first-order chi connectivity index (χ1) is 12.2. The van der Waals surface area contributed by atoms with E-state index in [1.54, 1.807) is 6.20 Å². The topological polar surface area (TPSA) is 76.3 Å². The third kappa shape index (κ3) is 2.80. The minimum atomic E-state index is -0.00773. The van der Waals surface area contributed by atoms with Crippen molar-refractivity contribution in [2.24, 2.45) is 0 Å². The molecular formula is C17H20N6OS. The van der Waals surface area contributed by atoms with Crippen molar-refractivity contribution < 1.29 is 4.79 Å². The van der Waals surface area contributed by atoms with E-state index in [0.29, 0.717) is 4.88 Å². The predicted octanol–water partition coefficient (Wildman–Crippen LogP) is 2.82. The second-order valence-corrected chi connectivity index (χ2v) is 7.09. The van der Waals surface area contributed by atoms with E-state index in [4.69, 9.17) is 4.98 Å². The highest BCUT2D eigenvalue weighted by atomic mass is 32.1. The fourth-order valence-corrected chi connectivity index (χ4v) is 4.19. The lowest BCUT2D eigenvalue weighted by Crippen LogP contribution is -2.39. The summed E-state index contributed by atoms with van der Waals surface area (Å²) in [6.45, 7) is 4.76. The van der Waals surface area contributed by atoms with E-state index in [1.165, 1.54) is 11.5 Å². The molecular weight excluding hydrogens is 336 g/mol. The Morgan fingerprint density at radius 1 is 1.40 bits per heavy atom. The normalized spacial score (nSPS) is 18.0. The third-order valence-electron chi connectivity index (χ3n) is 4.75. The van der Waals surface area contributed by atoms with E-state index in [9.17, 15) is 4.79 Å². The zero-order chi connectivity index (χ0) is 17.4. The Balaban J connectivity index is 1.72. The summed E-state index contributed by atoms with van der Waals surface area (Å²) in [4.78, 5) is 20.5. The van der Waals surface area contributed by atoms with Crippen LogP contribution < -0.4 is 0 Å². The summed E-state index contributed by atoms with van der Waals surface area (Å²) in [7, 11) is 0. The number of aryl methyl sites for hydroxylation is 2. The van der Waals surface area contributed by atoms with Crippen LogP contribution in [0.3, 0.4) is 0 Å². The third-order valence-corrected chi connectivity index (χ3v) is 5.50. The number of nitrogens with zero attached hydrogens (tertiary/aromatic N) is 6. The largest absolute Gasteiger partial charge is 0.329 e. The number of rotatable bonds is 3. The van der Waals surface area contributed by atoms with Gasteiger partial charge in [-0.15, -0.1) is 5.10 Å². The van der Waals surface area contributed by atoms with E-state index >= 15 is 0 Å². The molecule has 130 valence electrons. The van der Waals surface area contributed by atoms with Crippen LogP contribution in [0.5, 0.6) is 0 Å². The molecule has 0 aromatic carbocycles. The standard InChI is InChI=1S/C17H20N6OS/c1-3-12-16(25-21-20-12)17(24)22-9-5-4-6-14(22)13-10-11(2)23-15(19-13)7-8-18-23/h7-8,10,14H,3-6,9H2,1-2H3/t14-/m1/s1. The molecule has 0 unspecified atom stereocenters. The molecule has 0 radical (unpaired) electrons. The number of piperidine rings is 1. The van der Waals surface area contributed by atoms with Gasteiger partial charge in [0.05, 0.1) is 23.6 Å². The molecule has 25 heavy (non-hydrogen) atoms. The number of carbonyl (C=O) groups is 1. The van der Waals surface area contributed by atoms with Gasteiger partial charge in [0.1, 0.15) is 4.88 Å². The fraction of sp³-hybridized carbons (Fsp3) is 0.471. The molecule has 1 fully saturated rings. The second kappa shape index (κ2) is 6.51. The quantitative estimate of drug-likeness (QED) is 0.721. The molecule has 1 aliphatic rings. The first-order valence-corrected chi connectivity index (χ1v) is 9.40. The molecule has 1 aliphatic heterocycles. The van der Waals surface area contributed by atoms with Crippen LogP contribution in [0.4, 0.5) is 0 Å². The van der Waals surface area contributed by atoms with Gasteiger partial charge in [-0.1, -0.05) is 11.4 Å². The number of likely N-dealkylation sites (tertiary alicyclic amines) is 1. The summed E-state index contributed by atoms with van der Waals surface area (Å²) in [5.74, 6) is 0.0318. The van der Waals surface area contributed by atoms with Gasteiger partial charge in [0.25, 0.3) is 5.91 Å². The molecule has 3 aromatic rings. The zero-order valence-electron chi connectivity index (χ0n) is 14.3. The summed E-state index contributed by atoms with van der Waals surface area (Å²) in [6.07, 6.45) is 5.51. The molecule has 8 heteroatoms. The molecule has 4 heterocycles. The molecule has 1 amide bonds. The van der Waals surface area contributed by atoms with Crippen LogP contribution >= 0.6 is 11.5 Å². The summed E-state index contributed by atoms with van der Waals surface area (Å²) in [6, 6.07) is 3.93. The van der Waals surface area contributed by atoms with Crippen molar-refractivity contribution in [3.05, 3.63) is 40.3 Å². The number of amides is 1. The van der Waals surface area contributed by atoms with Crippen LogP contribution in [0.1, 0.15) is 59.0 Å². The molecule has 0 saturated carbocycles. The minimum Gasteiger partial charge on any atom is -0.329 e. The van der Waals surface area contributed by atoms with Gasteiger partial charge in [0.2, 0.25) is 0 Å². The fourth-order valence-electron chi connectivity index (χ4n) is 3.48. The molecule has 3 aromatic heterocycles. The Kier molecular flexibility index (Phi) is 4.20. The molecule has 4 rings (SSSR count). The van der Waals surface area contributed by atoms with Gasteiger partial charge in [0.15, 0.2) is 5.65 Å². The Labute approximate surface area is 149 Å². The van der Waals surface area contributed by atoms with Crippen LogP contribution in [0.2, 0.25) is 0 Å². The van der Waals surface area contributed by atoms with Gasteiger partial charge in [-0.25, -0.2) is 9.50 Å². The van der Waals surface area contributed by atoms with Crippen LogP contribution in [0, 0.1) is 6.92 Å². The van der Waals surface area contributed by atoms with Gasteiger partial charge in [-0.3, -0.25) is 4.79 Å². The Bertz CT molecular complexity index is 917. The molecule has 1 saturated heterocycles. The molecule has 0 N–H and O–H groups in total. The maximum Gasteiger partial charge on any atom is 0.268 e. The van der Waals surface area contributed by atoms with Gasteiger partial charge in [-0.05, 0) is 50.2 Å². The Morgan fingerprint density at radius 3 is 3.12 bits per heavy atom. The SMILES string of the molecule is CCc1nnsc1C(=O)N1CCCC[C@@H]1c1cc(C)n2nccc2n1. The summed E-state index contributed by atoms with van der Waals surface area (Å²) in [5.41, 5.74) is 3.57. The van der Waals surface area contributed by atoms with Crippen molar-refractivity contribution in [1.82, 2.24) is 29.1 Å². The average Bonchev–Trinajstić information content (AvgIpc) is 3.30. The van der Waals surface area contributed by atoms with Crippen molar-refractivity contribution in [1.29, 1.82) is 0 Å². The number of fused-ring (bicyclic) bond motifs is 1. The van der Waals surface area contributed by atoms with Crippen LogP contribution in [-0.4, -0.2) is 41.5 Å². The summed E-state index contributed by atoms with van der Waals surface area (Å²) >= 11 is 1.19. The van der Waals surface area contributed by atoms with Crippen molar-refractivity contribution in [2.45, 2.75) is 45.6 Å². The maximum absolute atomic E-state index is 13.1. The lowest BCUT2D eigenvalue weighted by molar-refractivity contribution is 0.0610. The lowest BCUT2D eigenvalue weighted by Gasteiger charge is -2.35. The van der Waals surface area contributed by atoms with Crippen LogP contribution in [-0.2, 0) is 6.42 Å². The van der Waals surface area contributed by atoms with Crippen molar-refractivity contribution in [3.8, 4) is 0 Å². The lowest BCUT2D eigenvalue weighted by atomic mass is 9.98. The first kappa shape index (κ1) is 16.1. The Morgan fingerprint density at radius 2 is 2.28 bits per heavy atom. The van der Waals surface area contributed by atoms with E-state index in [2.05, 4.69) is 14.7 Å². The minimum absolute atomic E-state index is 0.00773. The summed E-state index contributed by atoms with van der Waals surface area (Å²) in [5, 5.41) is 8.37. The van der Waals surface area contributed by atoms with E-state index in [1.807, 2.05) is 35.4 Å². The second-order valence-electron chi connectivity index (χ2n) is 6.34. The maximum atomic E-state index is 13.1. The van der Waals surface area contributed by atoms with Gasteiger partial charge in [-0.2, -0.15) is 5.10 Å². The molecule has 0 spiro atoms. The highest BCUT2D eigenvalue weighted by Gasteiger charge is 2.32. The Hall–Kier alpha value is -2.35. The smallest absolute Gasteiger partial charge is 0.268 e. The number of aromatic nitrogens is 5. The number of hydrogen-bond acceptors (Lipinski definition) is 6. The number of hydrogen-bond donors (Lipinski definition) is 0. The monoisotopic (exact) mass is 356 g/mol. The van der Waals surface area contributed by atoms with Crippen molar-refractivity contribution in [3.63, 3.8) is 0 Å². The average molecular weight is 356 g/mol. The van der Waals surface area contributed by atoms with Crippen molar-refractivity contribution >= 4 is 23.1 Å². The highest BCUT2D eigenvalue weighted by molar-refractivity contribution is 7.08. The number of carbonyl (C=O) groups excluding carboxylic acids is 1. The molecule has 7 nitrogen and oxygen atoms in total. The van der Waals surface area contributed by atoms with Crippen LogP contribution in [0.15, 0.2) is 18.3 Å². The van der Waals surface area contributed by atoms with E-state index in [-0.39, 0.29) is 11.9 Å². The summed E-state index contributed by atoms with van der Waals surface area (Å²) < 4.78 is 5.79. The first-order valence-electron chi connectivity index (χ1n) is 8.62. The molecule has 0 bridgehead atoms. The van der Waals surface area contributed by atoms with Crippen LogP contribution in [0.25, 0.3) is 5.65 Å². The zero-order valence-corrected chi connectivity index (χ0v) is 15.2. The van der Waals surface area contributed by atoms with Gasteiger partial charge < -0.3 is 4.90 Å². The van der Waals surface area contributed by atoms with Crippen molar-refractivity contribution in [2.75, 3.05) is 6.54 Å². The molecule has 1 atom stereocenters.